The van der Waals surface area contributed by atoms with Crippen molar-refractivity contribution >= 4 is 23.2 Å². The number of para-hydroxylation sites is 1. The van der Waals surface area contributed by atoms with Crippen LogP contribution in [0, 0.1) is 6.92 Å². The topological polar surface area (TPSA) is 58.6 Å². The zero-order valence-corrected chi connectivity index (χ0v) is 18.7. The summed E-state index contributed by atoms with van der Waals surface area (Å²) >= 11 is 0. The first-order valence-corrected chi connectivity index (χ1v) is 11.0. The number of fused-ring (bicyclic) bond motifs is 1. The molecule has 1 unspecified atom stereocenters. The minimum atomic E-state index is -0.195. The predicted molar refractivity (Wildman–Crippen MR) is 128 cm³/mol. The molecule has 0 bridgehead atoms. The predicted octanol–water partition coefficient (Wildman–Crippen LogP) is 5.80. The van der Waals surface area contributed by atoms with Crippen molar-refractivity contribution in [1.29, 1.82) is 0 Å². The molecule has 1 N–H and O–H groups in total. The highest BCUT2D eigenvalue weighted by Gasteiger charge is 2.27. The third-order valence-corrected chi connectivity index (χ3v) is 6.10. The number of hydrogen-bond acceptors (Lipinski definition) is 3. The zero-order chi connectivity index (χ0) is 22.7. The van der Waals surface area contributed by atoms with Crippen LogP contribution in [0.5, 0.6) is 5.75 Å². The molecular weight excluding hydrogens is 400 g/mol. The van der Waals surface area contributed by atoms with E-state index in [2.05, 4.69) is 18.3 Å². The number of methoxy groups -OCH3 is 1. The Morgan fingerprint density at radius 1 is 1.00 bits per heavy atom. The van der Waals surface area contributed by atoms with Gasteiger partial charge in [-0.25, -0.2) is 0 Å². The monoisotopic (exact) mass is 428 g/mol. The second-order valence-corrected chi connectivity index (χ2v) is 8.24. The first kappa shape index (κ1) is 21.6. The van der Waals surface area contributed by atoms with Crippen molar-refractivity contribution in [2.24, 2.45) is 0 Å². The number of nitrogens with zero attached hydrogens (tertiary/aromatic N) is 1. The molecule has 3 aromatic rings. The lowest BCUT2D eigenvalue weighted by Gasteiger charge is -2.24. The smallest absolute Gasteiger partial charge is 0.262 e. The van der Waals surface area contributed by atoms with Gasteiger partial charge in [-0.1, -0.05) is 43.3 Å². The average Bonchev–Trinajstić information content (AvgIpc) is 2.97. The maximum absolute atomic E-state index is 13.6. The number of aryl methyl sites for hydroxylation is 1. The third kappa shape index (κ3) is 4.24. The summed E-state index contributed by atoms with van der Waals surface area (Å²) < 4.78 is 5.55. The van der Waals surface area contributed by atoms with E-state index in [0.717, 1.165) is 24.1 Å². The lowest BCUT2D eigenvalue weighted by Crippen LogP contribution is -2.32. The van der Waals surface area contributed by atoms with Gasteiger partial charge in [0.15, 0.2) is 0 Å². The molecule has 3 aromatic carbocycles. The Morgan fingerprint density at radius 3 is 2.53 bits per heavy atom. The molecule has 32 heavy (non-hydrogen) atoms. The van der Waals surface area contributed by atoms with Gasteiger partial charge in [-0.05, 0) is 61.1 Å². The van der Waals surface area contributed by atoms with Crippen LogP contribution >= 0.6 is 0 Å². The molecule has 0 saturated carbocycles. The number of benzene rings is 3. The lowest BCUT2D eigenvalue weighted by atomic mass is 9.96. The Labute approximate surface area is 189 Å². The first-order valence-electron chi connectivity index (χ1n) is 11.0. The molecule has 1 aliphatic heterocycles. The van der Waals surface area contributed by atoms with Crippen LogP contribution in [0.1, 0.15) is 57.5 Å². The number of anilines is 2. The summed E-state index contributed by atoms with van der Waals surface area (Å²) in [6.07, 6.45) is 1.98. The van der Waals surface area contributed by atoms with Crippen molar-refractivity contribution in [1.82, 2.24) is 0 Å². The quantitative estimate of drug-likeness (QED) is 0.571. The van der Waals surface area contributed by atoms with Gasteiger partial charge in [-0.3, -0.25) is 9.59 Å². The Hall–Kier alpha value is -3.60. The van der Waals surface area contributed by atoms with Gasteiger partial charge < -0.3 is 15.0 Å². The van der Waals surface area contributed by atoms with Crippen molar-refractivity contribution in [3.8, 4) is 5.75 Å². The molecule has 5 nitrogen and oxygen atoms in total. The molecule has 0 radical (unpaired) electrons. The van der Waals surface area contributed by atoms with Crippen LogP contribution < -0.4 is 15.0 Å². The van der Waals surface area contributed by atoms with Crippen LogP contribution in [0.4, 0.5) is 11.4 Å². The fraction of sp³-hybridized carbons (Fsp3) is 0.259. The molecule has 0 saturated heterocycles. The van der Waals surface area contributed by atoms with Gasteiger partial charge in [0, 0.05) is 29.5 Å². The second-order valence-electron chi connectivity index (χ2n) is 8.24. The van der Waals surface area contributed by atoms with E-state index in [9.17, 15) is 9.59 Å². The minimum absolute atomic E-state index is 0.0971. The van der Waals surface area contributed by atoms with Crippen LogP contribution in [0.25, 0.3) is 0 Å². The molecular formula is C27H28N2O3. The molecule has 2 amide bonds. The average molecular weight is 429 g/mol. The van der Waals surface area contributed by atoms with Gasteiger partial charge in [-0.15, -0.1) is 0 Å². The van der Waals surface area contributed by atoms with Crippen LogP contribution in [0.2, 0.25) is 0 Å². The van der Waals surface area contributed by atoms with Crippen molar-refractivity contribution in [2.75, 3.05) is 23.9 Å². The number of nitrogens with one attached hydrogen (secondary N) is 1. The van der Waals surface area contributed by atoms with Crippen LogP contribution in [-0.4, -0.2) is 25.5 Å². The van der Waals surface area contributed by atoms with Gasteiger partial charge in [0.25, 0.3) is 11.8 Å². The van der Waals surface area contributed by atoms with Gasteiger partial charge in [0.1, 0.15) is 5.75 Å². The van der Waals surface area contributed by atoms with E-state index >= 15 is 0 Å². The van der Waals surface area contributed by atoms with E-state index < -0.39 is 0 Å². The standard InChI is InChI=1S/C27H28N2O3/c1-18-10-8-16-29(24-13-7-6-11-21(18)24)27(31)23-15-14-20(17-25(23)32-3)28-26(30)22-12-5-4-9-19(22)2/h4-7,9,11-15,17-18H,8,10,16H2,1-3H3,(H,28,30). The van der Waals surface area contributed by atoms with E-state index in [-0.39, 0.29) is 11.8 Å². The number of hydrogen-bond donors (Lipinski definition) is 1. The summed E-state index contributed by atoms with van der Waals surface area (Å²) in [5, 5.41) is 2.91. The SMILES string of the molecule is COc1cc(NC(=O)c2ccccc2C)ccc1C(=O)N1CCCC(C)c2ccccc21. The summed E-state index contributed by atoms with van der Waals surface area (Å²) in [5.74, 6) is 0.553. The molecule has 4 rings (SSSR count). The van der Waals surface area contributed by atoms with Crippen LogP contribution in [-0.2, 0) is 0 Å². The second kappa shape index (κ2) is 9.27. The molecule has 0 spiro atoms. The van der Waals surface area contributed by atoms with E-state index in [1.165, 1.54) is 12.7 Å². The molecule has 0 aliphatic carbocycles. The fourth-order valence-corrected chi connectivity index (χ4v) is 4.31. The highest BCUT2D eigenvalue weighted by atomic mass is 16.5. The van der Waals surface area contributed by atoms with Crippen LogP contribution in [0.15, 0.2) is 66.7 Å². The number of rotatable bonds is 4. The lowest BCUT2D eigenvalue weighted by molar-refractivity contribution is 0.0983. The highest BCUT2D eigenvalue weighted by molar-refractivity contribution is 6.09. The minimum Gasteiger partial charge on any atom is -0.496 e. The molecule has 1 aliphatic rings. The van der Waals surface area contributed by atoms with Crippen molar-refractivity contribution in [3.63, 3.8) is 0 Å². The molecule has 1 heterocycles. The van der Waals surface area contributed by atoms with Gasteiger partial charge in [-0.2, -0.15) is 0 Å². The Morgan fingerprint density at radius 2 is 1.75 bits per heavy atom. The normalized spacial score (nSPS) is 15.5. The summed E-state index contributed by atoms with van der Waals surface area (Å²) in [6.45, 7) is 4.77. The summed E-state index contributed by atoms with van der Waals surface area (Å²) in [7, 11) is 1.54. The number of ether oxygens (including phenoxy) is 1. The van der Waals surface area contributed by atoms with E-state index in [1.807, 2.05) is 48.2 Å². The van der Waals surface area contributed by atoms with Crippen LogP contribution in [0.3, 0.4) is 0 Å². The Kier molecular flexibility index (Phi) is 6.26. The van der Waals surface area contributed by atoms with Crippen molar-refractivity contribution < 1.29 is 14.3 Å². The summed E-state index contributed by atoms with van der Waals surface area (Å²) in [5.41, 5.74) is 4.72. The van der Waals surface area contributed by atoms with Gasteiger partial charge >= 0.3 is 0 Å². The number of amides is 2. The maximum atomic E-state index is 13.6. The molecule has 164 valence electrons. The number of carbonyl (C=O) groups is 2. The number of carbonyl (C=O) groups excluding carboxylic acids is 2. The largest absolute Gasteiger partial charge is 0.496 e. The molecule has 0 aromatic heterocycles. The first-order chi connectivity index (χ1) is 15.5. The fourth-order valence-electron chi connectivity index (χ4n) is 4.31. The maximum Gasteiger partial charge on any atom is 0.262 e. The molecule has 0 fully saturated rings. The van der Waals surface area contributed by atoms with E-state index in [1.54, 1.807) is 24.3 Å². The highest BCUT2D eigenvalue weighted by Crippen LogP contribution is 2.36. The Balaban J connectivity index is 1.62. The summed E-state index contributed by atoms with van der Waals surface area (Å²) in [4.78, 5) is 28.1. The molecule has 1 atom stereocenters. The van der Waals surface area contributed by atoms with E-state index in [4.69, 9.17) is 4.74 Å². The van der Waals surface area contributed by atoms with Crippen molar-refractivity contribution in [2.45, 2.75) is 32.6 Å². The summed E-state index contributed by atoms with van der Waals surface area (Å²) in [6, 6.07) is 20.7. The van der Waals surface area contributed by atoms with Gasteiger partial charge in [0.2, 0.25) is 0 Å². The Bertz CT molecular complexity index is 1160. The molecule has 5 heteroatoms. The van der Waals surface area contributed by atoms with Gasteiger partial charge in [0.05, 0.1) is 12.7 Å². The third-order valence-electron chi connectivity index (χ3n) is 6.10. The zero-order valence-electron chi connectivity index (χ0n) is 18.7. The van der Waals surface area contributed by atoms with E-state index in [0.29, 0.717) is 35.0 Å². The van der Waals surface area contributed by atoms with Crippen molar-refractivity contribution in [3.05, 3.63) is 89.0 Å².